The molecule has 1 atom stereocenters. The second-order valence-corrected chi connectivity index (χ2v) is 12.3. The summed E-state index contributed by atoms with van der Waals surface area (Å²) in [6.45, 7) is 6.07. The summed E-state index contributed by atoms with van der Waals surface area (Å²) in [6, 6.07) is 8.56. The van der Waals surface area contributed by atoms with Gasteiger partial charge in [-0.15, -0.1) is 11.3 Å². The molecule has 0 radical (unpaired) electrons. The number of pyridine rings is 1. The van der Waals surface area contributed by atoms with E-state index in [9.17, 15) is 23.2 Å². The van der Waals surface area contributed by atoms with Crippen molar-refractivity contribution in [3.05, 3.63) is 58.4 Å². The largest absolute Gasteiger partial charge is 0.489 e. The van der Waals surface area contributed by atoms with Gasteiger partial charge in [0.15, 0.2) is 11.5 Å². The highest BCUT2D eigenvalue weighted by atomic mass is 32.1. The van der Waals surface area contributed by atoms with Crippen molar-refractivity contribution in [2.24, 2.45) is 5.92 Å². The molecule has 0 unspecified atom stereocenters. The molecule has 2 N–H and O–H groups in total. The van der Waals surface area contributed by atoms with Crippen LogP contribution in [0.25, 0.3) is 10.6 Å². The Morgan fingerprint density at radius 3 is 2.51 bits per heavy atom. The summed E-state index contributed by atoms with van der Waals surface area (Å²) in [7, 11) is 0. The third-order valence-corrected chi connectivity index (χ3v) is 7.58. The Hall–Kier alpha value is -4.33. The zero-order valence-electron chi connectivity index (χ0n) is 25.6. The Morgan fingerprint density at radius 1 is 1.09 bits per heavy atom. The van der Waals surface area contributed by atoms with Crippen molar-refractivity contribution < 1.29 is 42.1 Å². The Kier molecular flexibility index (Phi) is 10.9. The molecular formula is C31H36F2N4O7S. The van der Waals surface area contributed by atoms with Gasteiger partial charge in [0.1, 0.15) is 22.0 Å². The molecule has 1 aromatic carbocycles. The van der Waals surface area contributed by atoms with Crippen molar-refractivity contribution in [2.75, 3.05) is 13.2 Å². The molecule has 1 aliphatic carbocycles. The molecule has 1 fully saturated rings. The van der Waals surface area contributed by atoms with Crippen LogP contribution in [-0.2, 0) is 16.0 Å². The maximum absolute atomic E-state index is 13.5. The zero-order valence-corrected chi connectivity index (χ0v) is 26.5. The summed E-state index contributed by atoms with van der Waals surface area (Å²) in [5, 5.41) is 5.89. The minimum Gasteiger partial charge on any atom is -0.489 e. The normalized spacial score (nSPS) is 13.6. The van der Waals surface area contributed by atoms with Crippen LogP contribution in [0.15, 0.2) is 36.4 Å². The van der Waals surface area contributed by atoms with Crippen LogP contribution in [-0.4, -0.2) is 53.4 Å². The molecule has 2 heterocycles. The number of halogens is 2. The van der Waals surface area contributed by atoms with Gasteiger partial charge in [-0.25, -0.2) is 19.6 Å². The van der Waals surface area contributed by atoms with Crippen molar-refractivity contribution in [3.8, 4) is 22.1 Å². The molecule has 1 saturated carbocycles. The monoisotopic (exact) mass is 646 g/mol. The van der Waals surface area contributed by atoms with Crippen LogP contribution in [0, 0.1) is 5.92 Å². The summed E-state index contributed by atoms with van der Waals surface area (Å²) in [4.78, 5) is 47.4. The molecule has 11 nitrogen and oxygen atoms in total. The van der Waals surface area contributed by atoms with Crippen LogP contribution >= 0.6 is 11.3 Å². The van der Waals surface area contributed by atoms with Gasteiger partial charge in [0.05, 0.1) is 36.4 Å². The predicted molar refractivity (Wildman–Crippen MR) is 162 cm³/mol. The van der Waals surface area contributed by atoms with Gasteiger partial charge in [0.2, 0.25) is 0 Å². The summed E-state index contributed by atoms with van der Waals surface area (Å²) >= 11 is 1.14. The quantitative estimate of drug-likeness (QED) is 0.205. The number of nitrogens with zero attached hydrogens (tertiary/aromatic N) is 2. The van der Waals surface area contributed by atoms with Gasteiger partial charge >= 0.3 is 18.7 Å². The number of alkyl halides is 2. The SMILES string of the molecule is CCOC(=O)c1cccc(CNC(=O)c2nc(-c3ccc(OC(F)F)c(OCC4CC4)c3)sc2[C@H](C)NC(=O)OC(C)(C)C)n1. The molecule has 3 aromatic rings. The highest BCUT2D eigenvalue weighted by Gasteiger charge is 2.27. The minimum absolute atomic E-state index is 0.0227. The van der Waals surface area contributed by atoms with Gasteiger partial charge in [-0.2, -0.15) is 8.78 Å². The first-order chi connectivity index (χ1) is 21.3. The molecule has 242 valence electrons. The molecule has 45 heavy (non-hydrogen) atoms. The third kappa shape index (κ3) is 9.83. The summed E-state index contributed by atoms with van der Waals surface area (Å²) < 4.78 is 47.0. The molecule has 2 aromatic heterocycles. The fraction of sp³-hybridized carbons (Fsp3) is 0.452. The lowest BCUT2D eigenvalue weighted by molar-refractivity contribution is -0.0515. The number of ether oxygens (including phenoxy) is 4. The van der Waals surface area contributed by atoms with E-state index >= 15 is 0 Å². The number of rotatable bonds is 13. The van der Waals surface area contributed by atoms with Crippen LogP contribution in [0.1, 0.15) is 85.1 Å². The fourth-order valence-electron chi connectivity index (χ4n) is 4.05. The van der Waals surface area contributed by atoms with Gasteiger partial charge in [-0.3, -0.25) is 4.79 Å². The number of hydrogen-bond acceptors (Lipinski definition) is 10. The number of alkyl carbamates (subject to hydrolysis) is 1. The Morgan fingerprint density at radius 2 is 1.84 bits per heavy atom. The van der Waals surface area contributed by atoms with Gasteiger partial charge in [-0.05, 0) is 83.7 Å². The third-order valence-electron chi connectivity index (χ3n) is 6.29. The standard InChI is InChI=1S/C31H36F2N4O7S/c1-6-41-28(39)21-9-7-8-20(36-21)15-34-26(38)24-25(17(2)35-30(40)44-31(3,4)5)45-27(37-24)19-12-13-22(43-29(32)33)23(14-19)42-16-18-10-11-18/h7-9,12-14,17-18,29H,6,10-11,15-16H2,1-5H3,(H,34,38)(H,35,40)/t17-/m0/s1. The maximum atomic E-state index is 13.5. The lowest BCUT2D eigenvalue weighted by atomic mass is 10.2. The molecule has 0 saturated heterocycles. The van der Waals surface area contributed by atoms with E-state index in [4.69, 9.17) is 14.2 Å². The molecule has 0 spiro atoms. The van der Waals surface area contributed by atoms with Crippen molar-refractivity contribution in [2.45, 2.75) is 72.3 Å². The number of thiazole rings is 1. The Balaban J connectivity index is 1.62. The van der Waals surface area contributed by atoms with E-state index in [2.05, 4.69) is 25.3 Å². The molecule has 14 heteroatoms. The van der Waals surface area contributed by atoms with E-state index in [0.29, 0.717) is 33.7 Å². The number of esters is 1. The zero-order chi connectivity index (χ0) is 32.7. The van der Waals surface area contributed by atoms with Crippen LogP contribution < -0.4 is 20.1 Å². The van der Waals surface area contributed by atoms with Crippen molar-refractivity contribution in [3.63, 3.8) is 0 Å². The maximum Gasteiger partial charge on any atom is 0.408 e. The number of carbonyl (C=O) groups excluding carboxylic acids is 3. The first kappa shape index (κ1) is 33.6. The number of hydrogen-bond donors (Lipinski definition) is 2. The summed E-state index contributed by atoms with van der Waals surface area (Å²) in [6.07, 6.45) is 1.33. The minimum atomic E-state index is -3.03. The van der Waals surface area contributed by atoms with Gasteiger partial charge in [0, 0.05) is 5.56 Å². The Bertz CT molecular complexity index is 1520. The van der Waals surface area contributed by atoms with Gasteiger partial charge < -0.3 is 29.6 Å². The van der Waals surface area contributed by atoms with E-state index < -0.39 is 36.2 Å². The molecule has 4 rings (SSSR count). The topological polar surface area (TPSA) is 138 Å². The van der Waals surface area contributed by atoms with Crippen LogP contribution in [0.2, 0.25) is 0 Å². The summed E-state index contributed by atoms with van der Waals surface area (Å²) in [5.74, 6) is -0.750. The average Bonchev–Trinajstić information content (AvgIpc) is 3.69. The average molecular weight is 647 g/mol. The van der Waals surface area contributed by atoms with Gasteiger partial charge in [0.25, 0.3) is 5.91 Å². The molecular weight excluding hydrogens is 610 g/mol. The highest BCUT2D eigenvalue weighted by Crippen LogP contribution is 2.39. The van der Waals surface area contributed by atoms with E-state index in [-0.39, 0.29) is 36.0 Å². The van der Waals surface area contributed by atoms with Crippen LogP contribution in [0.4, 0.5) is 13.6 Å². The molecule has 1 aliphatic rings. The lowest BCUT2D eigenvalue weighted by Gasteiger charge is -2.21. The fourth-order valence-corrected chi connectivity index (χ4v) is 5.11. The first-order valence-corrected chi connectivity index (χ1v) is 15.3. The van der Waals surface area contributed by atoms with E-state index in [1.54, 1.807) is 58.9 Å². The number of nitrogens with one attached hydrogen (secondary N) is 2. The predicted octanol–water partition coefficient (Wildman–Crippen LogP) is 6.29. The van der Waals surface area contributed by atoms with Crippen molar-refractivity contribution >= 4 is 29.3 Å². The molecule has 0 bridgehead atoms. The van der Waals surface area contributed by atoms with E-state index in [0.717, 1.165) is 24.2 Å². The van der Waals surface area contributed by atoms with Crippen LogP contribution in [0.3, 0.4) is 0 Å². The number of aromatic nitrogens is 2. The number of amides is 2. The molecule has 0 aliphatic heterocycles. The van der Waals surface area contributed by atoms with Crippen molar-refractivity contribution in [1.82, 2.24) is 20.6 Å². The first-order valence-electron chi connectivity index (χ1n) is 14.5. The Labute approximate surface area is 263 Å². The lowest BCUT2D eigenvalue weighted by Crippen LogP contribution is -2.34. The van der Waals surface area contributed by atoms with Crippen molar-refractivity contribution in [1.29, 1.82) is 0 Å². The second kappa shape index (κ2) is 14.6. The van der Waals surface area contributed by atoms with E-state index in [1.165, 1.54) is 12.1 Å². The number of benzene rings is 1. The summed E-state index contributed by atoms with van der Waals surface area (Å²) in [5.41, 5.74) is 0.314. The molecule has 2 amide bonds. The van der Waals surface area contributed by atoms with E-state index in [1.807, 2.05) is 0 Å². The smallest absolute Gasteiger partial charge is 0.408 e. The van der Waals surface area contributed by atoms with Gasteiger partial charge in [-0.1, -0.05) is 6.07 Å². The second-order valence-electron chi connectivity index (χ2n) is 11.3. The highest BCUT2D eigenvalue weighted by molar-refractivity contribution is 7.15. The van der Waals surface area contributed by atoms with Crippen LogP contribution in [0.5, 0.6) is 11.5 Å². The number of carbonyl (C=O) groups is 3.